The van der Waals surface area contributed by atoms with E-state index >= 15 is 0 Å². The molecule has 1 aromatic carbocycles. The summed E-state index contributed by atoms with van der Waals surface area (Å²) in [7, 11) is 1.69. The number of benzene rings is 1. The van der Waals surface area contributed by atoms with Crippen LogP contribution in [0.5, 0.6) is 5.75 Å². The zero-order valence-corrected chi connectivity index (χ0v) is 10.4. The number of rotatable bonds is 3. The molecule has 0 spiro atoms. The largest absolute Gasteiger partial charge is 0.496 e. The third-order valence-electron chi connectivity index (χ3n) is 3.54. The molecule has 0 bridgehead atoms. The van der Waals surface area contributed by atoms with Crippen LogP contribution in [0.15, 0.2) is 42.7 Å². The fraction of sp³-hybridized carbons (Fsp3) is 0.267. The third-order valence-corrected chi connectivity index (χ3v) is 3.54. The molecule has 0 aliphatic heterocycles. The molecule has 2 N–H and O–H groups in total. The maximum atomic E-state index is 6.32. The van der Waals surface area contributed by atoms with Crippen LogP contribution in [-0.2, 0) is 5.54 Å². The van der Waals surface area contributed by atoms with Gasteiger partial charge in [-0.1, -0.05) is 18.2 Å². The molecule has 2 aromatic rings. The highest BCUT2D eigenvalue weighted by Crippen LogP contribution is 2.47. The molecule has 1 heterocycles. The van der Waals surface area contributed by atoms with E-state index in [-0.39, 0.29) is 5.54 Å². The van der Waals surface area contributed by atoms with Crippen LogP contribution in [0.25, 0.3) is 11.1 Å². The first-order valence-corrected chi connectivity index (χ1v) is 6.11. The van der Waals surface area contributed by atoms with Crippen LogP contribution in [0, 0.1) is 0 Å². The summed E-state index contributed by atoms with van der Waals surface area (Å²) in [6.07, 6.45) is 5.74. The second-order valence-corrected chi connectivity index (χ2v) is 4.78. The Labute approximate surface area is 107 Å². The van der Waals surface area contributed by atoms with Crippen LogP contribution in [-0.4, -0.2) is 12.1 Å². The quantitative estimate of drug-likeness (QED) is 0.897. The Morgan fingerprint density at radius 3 is 2.67 bits per heavy atom. The van der Waals surface area contributed by atoms with Gasteiger partial charge in [-0.25, -0.2) is 0 Å². The second kappa shape index (κ2) is 4.10. The van der Waals surface area contributed by atoms with Crippen molar-refractivity contribution in [3.05, 3.63) is 48.3 Å². The van der Waals surface area contributed by atoms with Crippen molar-refractivity contribution in [2.75, 3.05) is 7.11 Å². The minimum atomic E-state index is -0.190. The maximum Gasteiger partial charge on any atom is 0.126 e. The van der Waals surface area contributed by atoms with Crippen LogP contribution in [0.4, 0.5) is 0 Å². The highest BCUT2D eigenvalue weighted by molar-refractivity contribution is 5.74. The van der Waals surface area contributed by atoms with Crippen molar-refractivity contribution in [1.82, 2.24) is 4.98 Å². The first kappa shape index (κ1) is 11.2. The third kappa shape index (κ3) is 1.77. The zero-order valence-electron chi connectivity index (χ0n) is 10.4. The van der Waals surface area contributed by atoms with E-state index in [1.54, 1.807) is 13.3 Å². The molecule has 3 nitrogen and oxygen atoms in total. The van der Waals surface area contributed by atoms with Gasteiger partial charge in [0, 0.05) is 23.5 Å². The number of methoxy groups -OCH3 is 1. The SMILES string of the molecule is COc1ccccc1-c1ccncc1C1(N)CC1. The van der Waals surface area contributed by atoms with E-state index in [1.807, 2.05) is 30.5 Å². The summed E-state index contributed by atoms with van der Waals surface area (Å²) in [5, 5.41) is 0. The van der Waals surface area contributed by atoms with Gasteiger partial charge < -0.3 is 10.5 Å². The molecule has 1 aliphatic rings. The monoisotopic (exact) mass is 240 g/mol. The minimum absolute atomic E-state index is 0.190. The average molecular weight is 240 g/mol. The number of ether oxygens (including phenoxy) is 1. The molecule has 0 amide bonds. The van der Waals surface area contributed by atoms with Crippen molar-refractivity contribution >= 4 is 0 Å². The average Bonchev–Trinajstić information content (AvgIpc) is 3.18. The number of nitrogens with zero attached hydrogens (tertiary/aromatic N) is 1. The van der Waals surface area contributed by atoms with Gasteiger partial charge in [0.05, 0.1) is 7.11 Å². The minimum Gasteiger partial charge on any atom is -0.496 e. The number of nitrogens with two attached hydrogens (primary N) is 1. The summed E-state index contributed by atoms with van der Waals surface area (Å²) >= 11 is 0. The smallest absolute Gasteiger partial charge is 0.126 e. The lowest BCUT2D eigenvalue weighted by molar-refractivity contribution is 0.416. The molecule has 18 heavy (non-hydrogen) atoms. The van der Waals surface area contributed by atoms with Gasteiger partial charge in [-0.05, 0) is 36.1 Å². The molecule has 3 heteroatoms. The fourth-order valence-electron chi connectivity index (χ4n) is 2.30. The van der Waals surface area contributed by atoms with Gasteiger partial charge in [-0.2, -0.15) is 0 Å². The van der Waals surface area contributed by atoms with Gasteiger partial charge in [0.25, 0.3) is 0 Å². The molecular formula is C15H16N2O. The summed E-state index contributed by atoms with van der Waals surface area (Å²) in [5.41, 5.74) is 9.45. The van der Waals surface area contributed by atoms with Crippen LogP contribution in [0.1, 0.15) is 18.4 Å². The molecule has 3 rings (SSSR count). The van der Waals surface area contributed by atoms with Crippen molar-refractivity contribution in [3.63, 3.8) is 0 Å². The highest BCUT2D eigenvalue weighted by Gasteiger charge is 2.42. The molecule has 0 saturated heterocycles. The normalized spacial score (nSPS) is 16.3. The molecule has 0 atom stereocenters. The molecule has 1 saturated carbocycles. The summed E-state index contributed by atoms with van der Waals surface area (Å²) < 4.78 is 5.43. The fourth-order valence-corrected chi connectivity index (χ4v) is 2.30. The predicted octanol–water partition coefficient (Wildman–Crippen LogP) is 2.71. The van der Waals surface area contributed by atoms with E-state index < -0.39 is 0 Å². The molecule has 0 radical (unpaired) electrons. The van der Waals surface area contributed by atoms with Crippen molar-refractivity contribution in [1.29, 1.82) is 0 Å². The van der Waals surface area contributed by atoms with Gasteiger partial charge in [0.1, 0.15) is 5.75 Å². The second-order valence-electron chi connectivity index (χ2n) is 4.78. The van der Waals surface area contributed by atoms with Gasteiger partial charge in [0.2, 0.25) is 0 Å². The van der Waals surface area contributed by atoms with Crippen LogP contribution in [0.2, 0.25) is 0 Å². The summed E-state index contributed by atoms with van der Waals surface area (Å²) in [5.74, 6) is 0.870. The Balaban J connectivity index is 2.17. The lowest BCUT2D eigenvalue weighted by atomic mass is 9.95. The maximum absolute atomic E-state index is 6.32. The van der Waals surface area contributed by atoms with E-state index in [0.29, 0.717) is 0 Å². The van der Waals surface area contributed by atoms with Crippen molar-refractivity contribution in [2.45, 2.75) is 18.4 Å². The van der Waals surface area contributed by atoms with E-state index in [0.717, 1.165) is 35.3 Å². The Bertz CT molecular complexity index is 576. The first-order chi connectivity index (χ1) is 8.74. The zero-order chi connectivity index (χ0) is 12.6. The summed E-state index contributed by atoms with van der Waals surface area (Å²) in [4.78, 5) is 4.21. The Morgan fingerprint density at radius 1 is 1.17 bits per heavy atom. The molecule has 1 aliphatic carbocycles. The van der Waals surface area contributed by atoms with Crippen molar-refractivity contribution in [2.24, 2.45) is 5.73 Å². The van der Waals surface area contributed by atoms with E-state index in [1.165, 1.54) is 0 Å². The van der Waals surface area contributed by atoms with Crippen LogP contribution >= 0.6 is 0 Å². The number of hydrogen-bond acceptors (Lipinski definition) is 3. The van der Waals surface area contributed by atoms with Crippen LogP contribution < -0.4 is 10.5 Å². The van der Waals surface area contributed by atoms with Gasteiger partial charge in [0.15, 0.2) is 0 Å². The van der Waals surface area contributed by atoms with E-state index in [4.69, 9.17) is 10.5 Å². The molecule has 1 fully saturated rings. The number of aromatic nitrogens is 1. The number of pyridine rings is 1. The van der Waals surface area contributed by atoms with Gasteiger partial charge in [-0.3, -0.25) is 4.98 Å². The van der Waals surface area contributed by atoms with Crippen molar-refractivity contribution in [3.8, 4) is 16.9 Å². The lowest BCUT2D eigenvalue weighted by Crippen LogP contribution is -2.20. The molecule has 1 aromatic heterocycles. The lowest BCUT2D eigenvalue weighted by Gasteiger charge is -2.16. The van der Waals surface area contributed by atoms with Gasteiger partial charge >= 0.3 is 0 Å². The number of para-hydroxylation sites is 1. The van der Waals surface area contributed by atoms with E-state index in [2.05, 4.69) is 11.1 Å². The molecular weight excluding hydrogens is 224 g/mol. The predicted molar refractivity (Wildman–Crippen MR) is 71.3 cm³/mol. The highest BCUT2D eigenvalue weighted by atomic mass is 16.5. The Morgan fingerprint density at radius 2 is 1.94 bits per heavy atom. The summed E-state index contributed by atoms with van der Waals surface area (Å²) in [6, 6.07) is 10.0. The van der Waals surface area contributed by atoms with E-state index in [9.17, 15) is 0 Å². The van der Waals surface area contributed by atoms with Crippen LogP contribution in [0.3, 0.4) is 0 Å². The number of hydrogen-bond donors (Lipinski definition) is 1. The standard InChI is InChI=1S/C15H16N2O/c1-18-14-5-3-2-4-12(14)11-6-9-17-10-13(11)15(16)7-8-15/h2-6,9-10H,7-8,16H2,1H3. The Hall–Kier alpha value is -1.87. The molecule has 92 valence electrons. The Kier molecular flexibility index (Phi) is 2.56. The molecule has 0 unspecified atom stereocenters. The summed E-state index contributed by atoms with van der Waals surface area (Å²) in [6.45, 7) is 0. The first-order valence-electron chi connectivity index (χ1n) is 6.11. The van der Waals surface area contributed by atoms with Crippen molar-refractivity contribution < 1.29 is 4.74 Å². The van der Waals surface area contributed by atoms with Gasteiger partial charge in [-0.15, -0.1) is 0 Å². The topological polar surface area (TPSA) is 48.1 Å².